The van der Waals surface area contributed by atoms with Crippen LogP contribution in [0.1, 0.15) is 27.2 Å². The third kappa shape index (κ3) is 1.44. The van der Waals surface area contributed by atoms with Crippen molar-refractivity contribution in [2.24, 2.45) is 0 Å². The molecule has 0 spiro atoms. The van der Waals surface area contributed by atoms with Crippen molar-refractivity contribution >= 4 is 5.97 Å². The number of benzene rings is 1. The van der Waals surface area contributed by atoms with Crippen molar-refractivity contribution in [2.45, 2.75) is 13.3 Å². The highest BCUT2D eigenvalue weighted by atomic mass is 16.4. The van der Waals surface area contributed by atoms with E-state index in [9.17, 15) is 9.59 Å². The number of hydrogen-bond acceptors (Lipinski definition) is 3. The van der Waals surface area contributed by atoms with Crippen LogP contribution in [0.15, 0.2) is 23.0 Å². The van der Waals surface area contributed by atoms with Gasteiger partial charge in [0.25, 0.3) is 0 Å². The molecule has 0 saturated heterocycles. The molecule has 1 aromatic carbocycles. The Kier molecular flexibility index (Phi) is 2.10. The van der Waals surface area contributed by atoms with E-state index in [1.165, 1.54) is 0 Å². The van der Waals surface area contributed by atoms with E-state index >= 15 is 0 Å². The molecule has 5 heteroatoms. The lowest BCUT2D eigenvalue weighted by Crippen LogP contribution is -2.18. The predicted molar refractivity (Wildman–Crippen MR) is 64.8 cm³/mol. The number of carboxylic acids is 1. The number of aryl methyl sites for hydroxylation is 1. The first kappa shape index (κ1) is 10.7. The number of H-pyrrole nitrogens is 1. The maximum Gasteiger partial charge on any atom is 0.352 e. The molecule has 5 nitrogen and oxygen atoms in total. The smallest absolute Gasteiger partial charge is 0.352 e. The Labute approximate surface area is 102 Å². The number of hydrogen-bond donors (Lipinski definition) is 2. The normalized spacial score (nSPS) is 12.1. The summed E-state index contributed by atoms with van der Waals surface area (Å²) in [6.07, 6.45) is 0.496. The largest absolute Gasteiger partial charge is 0.477 e. The molecule has 0 radical (unpaired) electrons. The summed E-state index contributed by atoms with van der Waals surface area (Å²) in [6.45, 7) is 1.95. The first-order chi connectivity index (χ1) is 8.56. The van der Waals surface area contributed by atoms with Crippen molar-refractivity contribution in [3.05, 3.63) is 51.1 Å². The quantitative estimate of drug-likeness (QED) is 0.674. The van der Waals surface area contributed by atoms with E-state index in [4.69, 9.17) is 5.11 Å². The second-order valence-corrected chi connectivity index (χ2v) is 4.39. The molecule has 18 heavy (non-hydrogen) atoms. The summed E-state index contributed by atoms with van der Waals surface area (Å²) in [5.41, 5.74) is 3.32. The molecule has 0 atom stereocenters. The molecule has 1 aliphatic rings. The monoisotopic (exact) mass is 242 g/mol. The standard InChI is InChI=1S/C13H10N2O3/c1-6-2-3-7-5-9-10(8(7)4-6)14-13(18)15-11(9)12(16)17/h2-4H,5H2,1H3,(H,16,17)(H,14,15,18). The van der Waals surface area contributed by atoms with Crippen molar-refractivity contribution in [1.29, 1.82) is 0 Å². The number of rotatable bonds is 1. The molecule has 0 amide bonds. The molecule has 0 fully saturated rings. The molecule has 1 heterocycles. The van der Waals surface area contributed by atoms with E-state index in [0.717, 1.165) is 16.7 Å². The van der Waals surface area contributed by atoms with Gasteiger partial charge < -0.3 is 5.11 Å². The van der Waals surface area contributed by atoms with Crippen LogP contribution in [0.3, 0.4) is 0 Å². The van der Waals surface area contributed by atoms with Gasteiger partial charge in [-0.25, -0.2) is 9.59 Å². The maximum absolute atomic E-state index is 11.4. The van der Waals surface area contributed by atoms with Crippen LogP contribution in [0.2, 0.25) is 0 Å². The van der Waals surface area contributed by atoms with Crippen molar-refractivity contribution in [2.75, 3.05) is 0 Å². The van der Waals surface area contributed by atoms with E-state index in [-0.39, 0.29) is 5.69 Å². The van der Waals surface area contributed by atoms with Gasteiger partial charge in [-0.3, -0.25) is 4.98 Å². The lowest BCUT2D eigenvalue weighted by molar-refractivity contribution is 0.0689. The predicted octanol–water partition coefficient (Wildman–Crippen LogP) is 1.35. The summed E-state index contributed by atoms with van der Waals surface area (Å²) in [5, 5.41) is 9.11. The zero-order valence-electron chi connectivity index (χ0n) is 9.65. The summed E-state index contributed by atoms with van der Waals surface area (Å²) in [7, 11) is 0. The molecule has 2 aromatic rings. The fourth-order valence-corrected chi connectivity index (χ4v) is 2.33. The van der Waals surface area contributed by atoms with Crippen LogP contribution in [0.4, 0.5) is 0 Å². The minimum atomic E-state index is -1.13. The van der Waals surface area contributed by atoms with Crippen LogP contribution >= 0.6 is 0 Å². The Balaban J connectivity index is 2.34. The van der Waals surface area contributed by atoms with E-state index in [2.05, 4.69) is 9.97 Å². The second-order valence-electron chi connectivity index (χ2n) is 4.39. The first-order valence-electron chi connectivity index (χ1n) is 5.52. The van der Waals surface area contributed by atoms with Gasteiger partial charge in [0.2, 0.25) is 0 Å². The number of carboxylic acid groups (broad SMARTS) is 1. The number of aromatic carboxylic acids is 1. The van der Waals surface area contributed by atoms with Gasteiger partial charge in [-0.1, -0.05) is 17.7 Å². The molecular weight excluding hydrogens is 232 g/mol. The lowest BCUT2D eigenvalue weighted by atomic mass is 10.1. The zero-order chi connectivity index (χ0) is 12.9. The molecule has 1 aromatic heterocycles. The maximum atomic E-state index is 11.4. The fourth-order valence-electron chi connectivity index (χ4n) is 2.33. The number of carbonyl (C=O) groups is 1. The van der Waals surface area contributed by atoms with Gasteiger partial charge in [0.05, 0.1) is 5.69 Å². The van der Waals surface area contributed by atoms with Gasteiger partial charge in [0.1, 0.15) is 5.69 Å². The van der Waals surface area contributed by atoms with Crippen LogP contribution in [0.5, 0.6) is 0 Å². The Morgan fingerprint density at radius 1 is 1.44 bits per heavy atom. The Bertz CT molecular complexity index is 732. The average Bonchev–Trinajstić information content (AvgIpc) is 2.66. The third-order valence-corrected chi connectivity index (χ3v) is 3.13. The molecule has 90 valence electrons. The van der Waals surface area contributed by atoms with E-state index in [1.54, 1.807) is 0 Å². The van der Waals surface area contributed by atoms with E-state index in [0.29, 0.717) is 17.7 Å². The van der Waals surface area contributed by atoms with Crippen LogP contribution in [0, 0.1) is 6.92 Å². The minimum absolute atomic E-state index is 0.0566. The van der Waals surface area contributed by atoms with Crippen molar-refractivity contribution < 1.29 is 9.90 Å². The topological polar surface area (TPSA) is 83.0 Å². The summed E-state index contributed by atoms with van der Waals surface area (Å²) in [6, 6.07) is 5.84. The summed E-state index contributed by atoms with van der Waals surface area (Å²) >= 11 is 0. The van der Waals surface area contributed by atoms with Crippen molar-refractivity contribution in [1.82, 2.24) is 9.97 Å². The Morgan fingerprint density at radius 2 is 2.22 bits per heavy atom. The number of nitrogens with one attached hydrogen (secondary N) is 1. The number of aromatic nitrogens is 2. The van der Waals surface area contributed by atoms with E-state index in [1.807, 2.05) is 25.1 Å². The van der Waals surface area contributed by atoms with Gasteiger partial charge in [-0.05, 0) is 18.6 Å². The molecule has 1 aliphatic carbocycles. The molecule has 0 aliphatic heterocycles. The van der Waals surface area contributed by atoms with Crippen LogP contribution in [0.25, 0.3) is 11.3 Å². The molecule has 3 rings (SSSR count). The highest BCUT2D eigenvalue weighted by Gasteiger charge is 2.26. The number of fused-ring (bicyclic) bond motifs is 3. The van der Waals surface area contributed by atoms with Gasteiger partial charge >= 0.3 is 11.7 Å². The van der Waals surface area contributed by atoms with Gasteiger partial charge in [-0.15, -0.1) is 0 Å². The zero-order valence-corrected chi connectivity index (χ0v) is 9.65. The summed E-state index contributed by atoms with van der Waals surface area (Å²) < 4.78 is 0. The summed E-state index contributed by atoms with van der Waals surface area (Å²) in [5.74, 6) is -1.13. The molecule has 0 unspecified atom stereocenters. The van der Waals surface area contributed by atoms with Gasteiger partial charge in [-0.2, -0.15) is 4.98 Å². The fraction of sp³-hybridized carbons (Fsp3) is 0.154. The first-order valence-corrected chi connectivity index (χ1v) is 5.52. The highest BCUT2D eigenvalue weighted by molar-refractivity contribution is 5.91. The molecule has 0 saturated carbocycles. The second kappa shape index (κ2) is 3.53. The molecule has 0 bridgehead atoms. The van der Waals surface area contributed by atoms with Crippen LogP contribution in [-0.2, 0) is 6.42 Å². The van der Waals surface area contributed by atoms with Crippen molar-refractivity contribution in [3.8, 4) is 11.3 Å². The van der Waals surface area contributed by atoms with Crippen molar-refractivity contribution in [3.63, 3.8) is 0 Å². The molecular formula is C13H10N2O3. The molecule has 2 N–H and O–H groups in total. The lowest BCUT2D eigenvalue weighted by Gasteiger charge is -2.02. The van der Waals surface area contributed by atoms with E-state index < -0.39 is 11.7 Å². The van der Waals surface area contributed by atoms with Gasteiger partial charge in [0.15, 0.2) is 0 Å². The highest BCUT2D eigenvalue weighted by Crippen LogP contribution is 2.35. The van der Waals surface area contributed by atoms with Crippen LogP contribution in [-0.4, -0.2) is 21.0 Å². The average molecular weight is 242 g/mol. The number of nitrogens with zero attached hydrogens (tertiary/aromatic N) is 1. The Hall–Kier alpha value is -2.43. The van der Waals surface area contributed by atoms with Gasteiger partial charge in [0, 0.05) is 17.5 Å². The Morgan fingerprint density at radius 3 is 2.94 bits per heavy atom. The minimum Gasteiger partial charge on any atom is -0.477 e. The third-order valence-electron chi connectivity index (χ3n) is 3.13. The van der Waals surface area contributed by atoms with Crippen LogP contribution < -0.4 is 5.69 Å². The number of aromatic amines is 1. The summed E-state index contributed by atoms with van der Waals surface area (Å²) in [4.78, 5) is 28.7. The SMILES string of the molecule is Cc1ccc2c(c1)-c1nc(=O)[nH]c(C(=O)O)c1C2.